The van der Waals surface area contributed by atoms with E-state index in [0.717, 1.165) is 48.3 Å². The quantitative estimate of drug-likeness (QED) is 0.485. The molecule has 4 aliphatic carbocycles. The Kier molecular flexibility index (Phi) is 5.43. The standard InChI is InChI=1S/C27H42O/c1-18(2)7-6-8-19(3)23-11-12-24-22-10-9-20-17-21(28)13-15-26(20,4)25(22)14-16-27(23,24)5/h9-10,17-19,22-25H,6-8,11-16H2,1-5H3/t19-,22+,23-,24+,25-,26+,27-/m1/s1. The molecule has 0 aromatic carbocycles. The van der Waals surface area contributed by atoms with Crippen LogP contribution in [0.3, 0.4) is 0 Å². The minimum absolute atomic E-state index is 0.246. The second kappa shape index (κ2) is 7.44. The third kappa shape index (κ3) is 3.25. The van der Waals surface area contributed by atoms with E-state index in [1.165, 1.54) is 50.5 Å². The molecule has 0 bridgehead atoms. The van der Waals surface area contributed by atoms with Crippen LogP contribution < -0.4 is 0 Å². The summed E-state index contributed by atoms with van der Waals surface area (Å²) in [7, 11) is 0. The van der Waals surface area contributed by atoms with Crippen LogP contribution in [0.25, 0.3) is 0 Å². The van der Waals surface area contributed by atoms with E-state index >= 15 is 0 Å². The molecule has 156 valence electrons. The maximum absolute atomic E-state index is 12.0. The number of carbonyl (C=O) groups is 1. The molecule has 0 unspecified atom stereocenters. The van der Waals surface area contributed by atoms with Crippen molar-refractivity contribution in [2.75, 3.05) is 0 Å². The molecule has 0 aromatic heterocycles. The summed E-state index contributed by atoms with van der Waals surface area (Å²) in [5.74, 6) is 5.32. The van der Waals surface area contributed by atoms with E-state index in [-0.39, 0.29) is 5.41 Å². The first-order chi connectivity index (χ1) is 13.3. The van der Waals surface area contributed by atoms with Crippen molar-refractivity contribution < 1.29 is 4.79 Å². The van der Waals surface area contributed by atoms with E-state index < -0.39 is 0 Å². The zero-order valence-corrected chi connectivity index (χ0v) is 19.0. The van der Waals surface area contributed by atoms with Gasteiger partial charge in [-0.1, -0.05) is 66.0 Å². The second-order valence-corrected chi connectivity index (χ2v) is 11.7. The molecule has 4 rings (SSSR count). The Morgan fingerprint density at radius 3 is 2.57 bits per heavy atom. The number of allylic oxidation sites excluding steroid dienone is 4. The highest BCUT2D eigenvalue weighted by molar-refractivity contribution is 5.92. The summed E-state index contributed by atoms with van der Waals surface area (Å²) >= 11 is 0. The van der Waals surface area contributed by atoms with E-state index in [0.29, 0.717) is 11.2 Å². The van der Waals surface area contributed by atoms with Crippen molar-refractivity contribution in [3.8, 4) is 0 Å². The molecule has 0 aliphatic heterocycles. The predicted molar refractivity (Wildman–Crippen MR) is 118 cm³/mol. The van der Waals surface area contributed by atoms with Gasteiger partial charge < -0.3 is 0 Å². The van der Waals surface area contributed by atoms with Crippen molar-refractivity contribution in [3.05, 3.63) is 23.8 Å². The largest absolute Gasteiger partial charge is 0.295 e. The van der Waals surface area contributed by atoms with E-state index in [2.05, 4.69) is 46.8 Å². The van der Waals surface area contributed by atoms with Gasteiger partial charge in [0.1, 0.15) is 0 Å². The zero-order chi connectivity index (χ0) is 20.1. The third-order valence-electron chi connectivity index (χ3n) is 9.72. The van der Waals surface area contributed by atoms with Crippen LogP contribution in [0.1, 0.15) is 92.4 Å². The molecule has 0 spiro atoms. The molecule has 28 heavy (non-hydrogen) atoms. The van der Waals surface area contributed by atoms with E-state index in [4.69, 9.17) is 0 Å². The van der Waals surface area contributed by atoms with Crippen molar-refractivity contribution in [3.63, 3.8) is 0 Å². The summed E-state index contributed by atoms with van der Waals surface area (Å²) < 4.78 is 0. The molecule has 0 heterocycles. The van der Waals surface area contributed by atoms with E-state index in [1.807, 2.05) is 6.08 Å². The Labute approximate surface area is 173 Å². The lowest BCUT2D eigenvalue weighted by Crippen LogP contribution is -2.49. The lowest BCUT2D eigenvalue weighted by molar-refractivity contribution is -0.116. The van der Waals surface area contributed by atoms with Gasteiger partial charge in [-0.05, 0) is 90.1 Å². The highest BCUT2D eigenvalue weighted by Crippen LogP contribution is 2.66. The van der Waals surface area contributed by atoms with Crippen LogP contribution in [0, 0.1) is 46.3 Å². The Balaban J connectivity index is 1.53. The molecule has 0 aromatic rings. The molecule has 2 fully saturated rings. The number of hydrogen-bond acceptors (Lipinski definition) is 1. The molecule has 1 heteroatoms. The average Bonchev–Trinajstić information content (AvgIpc) is 2.99. The van der Waals surface area contributed by atoms with Crippen LogP contribution in [0.2, 0.25) is 0 Å². The Hall–Kier alpha value is -0.850. The summed E-state index contributed by atoms with van der Waals surface area (Å²) in [6.45, 7) is 12.4. The molecule has 0 radical (unpaired) electrons. The SMILES string of the molecule is CC(C)CCC[C@@H](C)[C@H]1CC[C@H]2[C@@H]3C=CC4=CC(=O)CC[C@]4(C)[C@@H]3CC[C@]12C. The minimum Gasteiger partial charge on any atom is -0.295 e. The molecule has 0 N–H and O–H groups in total. The second-order valence-electron chi connectivity index (χ2n) is 11.7. The first kappa shape index (κ1) is 20.4. The summed E-state index contributed by atoms with van der Waals surface area (Å²) in [5, 5.41) is 0. The third-order valence-corrected chi connectivity index (χ3v) is 9.72. The monoisotopic (exact) mass is 382 g/mol. The van der Waals surface area contributed by atoms with Crippen LogP contribution in [-0.4, -0.2) is 5.78 Å². The summed E-state index contributed by atoms with van der Waals surface area (Å²) in [6, 6.07) is 0. The lowest BCUT2D eigenvalue weighted by atomic mass is 9.48. The summed E-state index contributed by atoms with van der Waals surface area (Å²) in [4.78, 5) is 12.0. The maximum Gasteiger partial charge on any atom is 0.156 e. The lowest BCUT2D eigenvalue weighted by Gasteiger charge is -2.56. The first-order valence-corrected chi connectivity index (χ1v) is 12.2. The number of ketones is 1. The van der Waals surface area contributed by atoms with Gasteiger partial charge in [-0.3, -0.25) is 4.79 Å². The zero-order valence-electron chi connectivity index (χ0n) is 19.0. The van der Waals surface area contributed by atoms with Crippen molar-refractivity contribution in [2.24, 2.45) is 46.3 Å². The van der Waals surface area contributed by atoms with Crippen molar-refractivity contribution in [1.29, 1.82) is 0 Å². The molecular weight excluding hydrogens is 340 g/mol. The summed E-state index contributed by atoms with van der Waals surface area (Å²) in [5.41, 5.74) is 2.12. The van der Waals surface area contributed by atoms with Gasteiger partial charge in [0.2, 0.25) is 0 Å². The molecule has 2 saturated carbocycles. The van der Waals surface area contributed by atoms with Gasteiger partial charge >= 0.3 is 0 Å². The highest BCUT2D eigenvalue weighted by Gasteiger charge is 2.58. The number of fused-ring (bicyclic) bond motifs is 5. The Bertz CT molecular complexity index is 670. The molecule has 4 aliphatic rings. The van der Waals surface area contributed by atoms with Crippen molar-refractivity contribution in [2.45, 2.75) is 92.4 Å². The van der Waals surface area contributed by atoms with Gasteiger partial charge in [0.05, 0.1) is 0 Å². The van der Waals surface area contributed by atoms with Gasteiger partial charge in [0, 0.05) is 6.42 Å². The Morgan fingerprint density at radius 1 is 1.04 bits per heavy atom. The average molecular weight is 383 g/mol. The molecule has 7 atom stereocenters. The van der Waals surface area contributed by atoms with Crippen LogP contribution >= 0.6 is 0 Å². The van der Waals surface area contributed by atoms with E-state index in [1.54, 1.807) is 0 Å². The van der Waals surface area contributed by atoms with Gasteiger partial charge in [0.25, 0.3) is 0 Å². The normalized spacial score (nSPS) is 43.4. The van der Waals surface area contributed by atoms with E-state index in [9.17, 15) is 4.79 Å². The molecule has 1 nitrogen and oxygen atoms in total. The fourth-order valence-electron chi connectivity index (χ4n) is 8.02. The van der Waals surface area contributed by atoms with Gasteiger partial charge in [-0.2, -0.15) is 0 Å². The van der Waals surface area contributed by atoms with Gasteiger partial charge in [-0.15, -0.1) is 0 Å². The fourth-order valence-corrected chi connectivity index (χ4v) is 8.02. The minimum atomic E-state index is 0.246. The van der Waals surface area contributed by atoms with Crippen LogP contribution in [-0.2, 0) is 4.79 Å². The topological polar surface area (TPSA) is 17.1 Å². The Morgan fingerprint density at radius 2 is 1.82 bits per heavy atom. The smallest absolute Gasteiger partial charge is 0.156 e. The molecule has 0 saturated heterocycles. The van der Waals surface area contributed by atoms with Gasteiger partial charge in [0.15, 0.2) is 5.78 Å². The van der Waals surface area contributed by atoms with Crippen LogP contribution in [0.5, 0.6) is 0 Å². The predicted octanol–water partition coefficient (Wildman–Crippen LogP) is 7.37. The van der Waals surface area contributed by atoms with Gasteiger partial charge in [-0.25, -0.2) is 0 Å². The number of carbonyl (C=O) groups excluding carboxylic acids is 1. The molecular formula is C27H42O. The number of rotatable bonds is 5. The maximum atomic E-state index is 12.0. The van der Waals surface area contributed by atoms with Crippen molar-refractivity contribution >= 4 is 5.78 Å². The highest BCUT2D eigenvalue weighted by atomic mass is 16.1. The van der Waals surface area contributed by atoms with Crippen LogP contribution in [0.4, 0.5) is 0 Å². The number of hydrogen-bond donors (Lipinski definition) is 0. The van der Waals surface area contributed by atoms with Crippen molar-refractivity contribution in [1.82, 2.24) is 0 Å². The molecule has 0 amide bonds. The summed E-state index contributed by atoms with van der Waals surface area (Å²) in [6.07, 6.45) is 18.5. The first-order valence-electron chi connectivity index (χ1n) is 12.2. The fraction of sp³-hybridized carbons (Fsp3) is 0.815. The van der Waals surface area contributed by atoms with Crippen LogP contribution in [0.15, 0.2) is 23.8 Å².